The van der Waals surface area contributed by atoms with Gasteiger partial charge in [0.25, 0.3) is 0 Å². The number of rotatable bonds is 5. The molecule has 23 heavy (non-hydrogen) atoms. The molecular formula is C18H27BrN2O2. The van der Waals surface area contributed by atoms with Crippen LogP contribution in [0.5, 0.6) is 5.75 Å². The van der Waals surface area contributed by atoms with Crippen LogP contribution >= 0.6 is 15.9 Å². The van der Waals surface area contributed by atoms with E-state index in [0.29, 0.717) is 18.6 Å². The normalized spacial score (nSPS) is 22.0. The highest BCUT2D eigenvalue weighted by atomic mass is 79.9. The van der Waals surface area contributed by atoms with Gasteiger partial charge in [-0.1, -0.05) is 15.9 Å². The number of piperazine rings is 1. The van der Waals surface area contributed by atoms with Crippen LogP contribution in [0.3, 0.4) is 0 Å². The second-order valence-corrected chi connectivity index (χ2v) is 7.21. The minimum absolute atomic E-state index is 0.417. The van der Waals surface area contributed by atoms with Crippen molar-refractivity contribution in [3.8, 4) is 5.75 Å². The quantitative estimate of drug-likeness (QED) is 0.847. The average Bonchev–Trinajstić information content (AvgIpc) is 2.60. The summed E-state index contributed by atoms with van der Waals surface area (Å²) in [6.07, 6.45) is 2.26. The highest BCUT2D eigenvalue weighted by Gasteiger charge is 2.33. The van der Waals surface area contributed by atoms with Crippen molar-refractivity contribution in [1.29, 1.82) is 0 Å². The maximum Gasteiger partial charge on any atom is 0.124 e. The van der Waals surface area contributed by atoms with Gasteiger partial charge < -0.3 is 14.8 Å². The van der Waals surface area contributed by atoms with Gasteiger partial charge in [0.1, 0.15) is 5.75 Å². The summed E-state index contributed by atoms with van der Waals surface area (Å²) < 4.78 is 12.7. The Morgan fingerprint density at radius 1 is 1.30 bits per heavy atom. The van der Waals surface area contributed by atoms with Gasteiger partial charge in [-0.15, -0.1) is 0 Å². The molecule has 128 valence electrons. The van der Waals surface area contributed by atoms with Crippen LogP contribution in [-0.2, 0) is 4.74 Å². The van der Waals surface area contributed by atoms with Gasteiger partial charge in [-0.3, -0.25) is 4.90 Å². The Balaban J connectivity index is 1.94. The molecule has 5 heteroatoms. The van der Waals surface area contributed by atoms with Crippen molar-refractivity contribution in [2.24, 2.45) is 5.92 Å². The number of benzene rings is 1. The molecule has 2 saturated heterocycles. The standard InChI is InChI=1S/C18H27BrN2O2/c1-2-23-17-4-3-15(19)13-16(17)18(14-5-11-22-12-6-14)21-9-7-20-8-10-21/h3-4,13-14,18,20H,2,5-12H2,1H3/t18-/m0/s1. The van der Waals surface area contributed by atoms with Gasteiger partial charge in [-0.25, -0.2) is 0 Å². The number of hydrogen-bond donors (Lipinski definition) is 1. The van der Waals surface area contributed by atoms with Crippen LogP contribution in [-0.4, -0.2) is 50.9 Å². The lowest BCUT2D eigenvalue weighted by Gasteiger charge is -2.41. The number of halogens is 1. The maximum absolute atomic E-state index is 5.96. The molecule has 4 nitrogen and oxygen atoms in total. The summed E-state index contributed by atoms with van der Waals surface area (Å²) in [7, 11) is 0. The first-order valence-electron chi connectivity index (χ1n) is 8.74. The number of ether oxygens (including phenoxy) is 2. The van der Waals surface area contributed by atoms with Crippen LogP contribution < -0.4 is 10.1 Å². The highest BCUT2D eigenvalue weighted by Crippen LogP contribution is 2.40. The summed E-state index contributed by atoms with van der Waals surface area (Å²) in [5, 5.41) is 3.47. The minimum Gasteiger partial charge on any atom is -0.494 e. The number of nitrogens with zero attached hydrogens (tertiary/aromatic N) is 1. The molecule has 2 heterocycles. The number of nitrogens with one attached hydrogen (secondary N) is 1. The zero-order chi connectivity index (χ0) is 16.1. The molecule has 2 aliphatic rings. The molecule has 0 spiro atoms. The Labute approximate surface area is 147 Å². The highest BCUT2D eigenvalue weighted by molar-refractivity contribution is 9.10. The zero-order valence-electron chi connectivity index (χ0n) is 13.9. The lowest BCUT2D eigenvalue weighted by atomic mass is 9.85. The Morgan fingerprint density at radius 3 is 2.74 bits per heavy atom. The van der Waals surface area contributed by atoms with Crippen molar-refractivity contribution in [1.82, 2.24) is 10.2 Å². The minimum atomic E-state index is 0.417. The predicted molar refractivity (Wildman–Crippen MR) is 96.0 cm³/mol. The van der Waals surface area contributed by atoms with Crippen molar-refractivity contribution >= 4 is 15.9 Å². The lowest BCUT2D eigenvalue weighted by Crippen LogP contribution is -2.47. The van der Waals surface area contributed by atoms with Crippen molar-refractivity contribution in [2.45, 2.75) is 25.8 Å². The predicted octanol–water partition coefficient (Wildman–Crippen LogP) is 3.22. The smallest absolute Gasteiger partial charge is 0.124 e. The summed E-state index contributed by atoms with van der Waals surface area (Å²) in [5.41, 5.74) is 1.33. The molecule has 0 aromatic heterocycles. The van der Waals surface area contributed by atoms with Crippen LogP contribution in [0, 0.1) is 5.92 Å². The summed E-state index contributed by atoms with van der Waals surface area (Å²) in [6, 6.07) is 6.86. The molecule has 2 fully saturated rings. The summed E-state index contributed by atoms with van der Waals surface area (Å²) in [6.45, 7) is 8.85. The molecule has 0 aliphatic carbocycles. The summed E-state index contributed by atoms with van der Waals surface area (Å²) in [5.74, 6) is 1.67. The van der Waals surface area contributed by atoms with Gasteiger partial charge in [0.05, 0.1) is 6.61 Å². The molecule has 0 amide bonds. The van der Waals surface area contributed by atoms with Crippen LogP contribution in [0.4, 0.5) is 0 Å². The second kappa shape index (κ2) is 8.47. The van der Waals surface area contributed by atoms with E-state index in [4.69, 9.17) is 9.47 Å². The Bertz CT molecular complexity index is 482. The monoisotopic (exact) mass is 382 g/mol. The van der Waals surface area contributed by atoms with Crippen molar-refractivity contribution < 1.29 is 9.47 Å². The molecule has 0 unspecified atom stereocenters. The van der Waals surface area contributed by atoms with Gasteiger partial charge in [0, 0.05) is 55.5 Å². The fraction of sp³-hybridized carbons (Fsp3) is 0.667. The van der Waals surface area contributed by atoms with E-state index in [-0.39, 0.29) is 0 Å². The Hall–Kier alpha value is -0.620. The van der Waals surface area contributed by atoms with Crippen LogP contribution in [0.2, 0.25) is 0 Å². The fourth-order valence-electron chi connectivity index (χ4n) is 3.78. The molecule has 0 bridgehead atoms. The van der Waals surface area contributed by atoms with E-state index in [1.807, 2.05) is 0 Å². The van der Waals surface area contributed by atoms with Crippen molar-refractivity contribution in [3.05, 3.63) is 28.2 Å². The van der Waals surface area contributed by atoms with Crippen LogP contribution in [0.1, 0.15) is 31.4 Å². The first kappa shape index (κ1) is 17.2. The average molecular weight is 383 g/mol. The Morgan fingerprint density at radius 2 is 2.04 bits per heavy atom. The molecule has 0 radical (unpaired) electrons. The third-order valence-corrected chi connectivity index (χ3v) is 5.34. The first-order chi connectivity index (χ1) is 11.3. The van der Waals surface area contributed by atoms with Crippen molar-refractivity contribution in [3.63, 3.8) is 0 Å². The molecule has 1 atom stereocenters. The van der Waals surface area contributed by atoms with Gasteiger partial charge in [0.15, 0.2) is 0 Å². The molecule has 1 aromatic rings. The van der Waals surface area contributed by atoms with E-state index in [1.54, 1.807) is 0 Å². The third-order valence-electron chi connectivity index (χ3n) is 4.85. The molecular weight excluding hydrogens is 356 g/mol. The van der Waals surface area contributed by atoms with Gasteiger partial charge in [0.2, 0.25) is 0 Å². The Kier molecular flexibility index (Phi) is 6.34. The fourth-order valence-corrected chi connectivity index (χ4v) is 4.16. The van der Waals surface area contributed by atoms with Gasteiger partial charge in [-0.05, 0) is 43.9 Å². The van der Waals surface area contributed by atoms with Gasteiger partial charge >= 0.3 is 0 Å². The molecule has 1 N–H and O–H groups in total. The SMILES string of the molecule is CCOc1ccc(Br)cc1[C@H](C1CCOCC1)N1CCNCC1. The van der Waals surface area contributed by atoms with Crippen molar-refractivity contribution in [2.75, 3.05) is 46.0 Å². The zero-order valence-corrected chi connectivity index (χ0v) is 15.5. The maximum atomic E-state index is 5.96. The van der Waals surface area contributed by atoms with E-state index < -0.39 is 0 Å². The topological polar surface area (TPSA) is 33.7 Å². The van der Waals surface area contributed by atoms with Gasteiger partial charge in [-0.2, -0.15) is 0 Å². The summed E-state index contributed by atoms with van der Waals surface area (Å²) in [4.78, 5) is 2.64. The van der Waals surface area contributed by atoms with Crippen LogP contribution in [0.25, 0.3) is 0 Å². The van der Waals surface area contributed by atoms with E-state index in [2.05, 4.69) is 51.3 Å². The molecule has 2 aliphatic heterocycles. The van der Waals surface area contributed by atoms with E-state index in [1.165, 1.54) is 5.56 Å². The van der Waals surface area contributed by atoms with Crippen LogP contribution in [0.15, 0.2) is 22.7 Å². The largest absolute Gasteiger partial charge is 0.494 e. The molecule has 3 rings (SSSR count). The van der Waals surface area contributed by atoms with E-state index in [9.17, 15) is 0 Å². The lowest BCUT2D eigenvalue weighted by molar-refractivity contribution is 0.0205. The van der Waals surface area contributed by atoms with E-state index >= 15 is 0 Å². The molecule has 0 saturated carbocycles. The third kappa shape index (κ3) is 4.27. The summed E-state index contributed by atoms with van der Waals surface area (Å²) >= 11 is 3.65. The number of hydrogen-bond acceptors (Lipinski definition) is 4. The first-order valence-corrected chi connectivity index (χ1v) is 9.53. The van der Waals surface area contributed by atoms with E-state index in [0.717, 1.165) is 62.5 Å². The molecule has 1 aromatic carbocycles. The second-order valence-electron chi connectivity index (χ2n) is 6.30.